The number of aromatic nitrogens is 1. The van der Waals surface area contributed by atoms with Crippen LogP contribution in [0.1, 0.15) is 24.3 Å². The van der Waals surface area contributed by atoms with Crippen molar-refractivity contribution in [2.24, 2.45) is 0 Å². The number of carbonyl (C=O) groups excluding carboxylic acids is 1. The summed E-state index contributed by atoms with van der Waals surface area (Å²) in [5, 5.41) is 5.73. The molecule has 0 radical (unpaired) electrons. The lowest BCUT2D eigenvalue weighted by atomic mass is 10.1. The molecule has 1 atom stereocenters. The highest BCUT2D eigenvalue weighted by atomic mass is 19.1. The van der Waals surface area contributed by atoms with Crippen molar-refractivity contribution in [3.05, 3.63) is 52.1 Å². The Morgan fingerprint density at radius 2 is 2.33 bits per heavy atom. The molecular formula is C16H18FN3O4. The van der Waals surface area contributed by atoms with Gasteiger partial charge in [0.1, 0.15) is 12.1 Å². The maximum absolute atomic E-state index is 14.5. The summed E-state index contributed by atoms with van der Waals surface area (Å²) in [6.45, 7) is 3.28. The Labute approximate surface area is 137 Å². The Kier molecular flexibility index (Phi) is 4.77. The minimum absolute atomic E-state index is 0.111. The van der Waals surface area contributed by atoms with Crippen LogP contribution in [0.4, 0.5) is 4.39 Å². The first-order valence-electron chi connectivity index (χ1n) is 7.62. The SMILES string of the molecule is CC(=O)NCc1coc(=O)n1-c1ccc([C@@H]2CNCCO2)c(F)c1. The van der Waals surface area contributed by atoms with E-state index in [1.54, 1.807) is 12.1 Å². The molecule has 1 amide bonds. The summed E-state index contributed by atoms with van der Waals surface area (Å²) < 4.78 is 26.1. The molecule has 2 N–H and O–H groups in total. The van der Waals surface area contributed by atoms with E-state index in [-0.39, 0.29) is 18.6 Å². The summed E-state index contributed by atoms with van der Waals surface area (Å²) in [5.74, 6) is -1.34. The second-order valence-corrected chi connectivity index (χ2v) is 5.51. The molecule has 1 saturated heterocycles. The molecule has 1 fully saturated rings. The van der Waals surface area contributed by atoms with Gasteiger partial charge in [-0.25, -0.2) is 13.8 Å². The number of carbonyl (C=O) groups is 1. The van der Waals surface area contributed by atoms with Crippen LogP contribution in [0.3, 0.4) is 0 Å². The standard InChI is InChI=1S/C16H18FN3O4/c1-10(21)19-7-12-9-24-16(22)20(12)11-2-3-13(14(17)6-11)15-8-18-4-5-23-15/h2-3,6,9,15,18H,4-5,7-8H2,1H3,(H,19,21)/t15-/m0/s1. The van der Waals surface area contributed by atoms with Gasteiger partial charge in [-0.3, -0.25) is 4.79 Å². The number of nitrogens with one attached hydrogen (secondary N) is 2. The largest absolute Gasteiger partial charge is 0.423 e. The van der Waals surface area contributed by atoms with Gasteiger partial charge in [0.25, 0.3) is 0 Å². The minimum atomic E-state index is -0.641. The van der Waals surface area contributed by atoms with Crippen LogP contribution < -0.4 is 16.4 Å². The average molecular weight is 335 g/mol. The van der Waals surface area contributed by atoms with E-state index in [2.05, 4.69) is 10.6 Å². The lowest BCUT2D eigenvalue weighted by molar-refractivity contribution is -0.119. The van der Waals surface area contributed by atoms with Crippen LogP contribution in [0.15, 0.2) is 33.7 Å². The number of nitrogens with zero attached hydrogens (tertiary/aromatic N) is 1. The van der Waals surface area contributed by atoms with Gasteiger partial charge in [-0.15, -0.1) is 0 Å². The monoisotopic (exact) mass is 335 g/mol. The molecule has 8 heteroatoms. The molecular weight excluding hydrogens is 317 g/mol. The van der Waals surface area contributed by atoms with Crippen molar-refractivity contribution in [3.63, 3.8) is 0 Å². The van der Waals surface area contributed by atoms with E-state index in [4.69, 9.17) is 9.15 Å². The van der Waals surface area contributed by atoms with Gasteiger partial charge in [0.05, 0.1) is 30.6 Å². The molecule has 2 aromatic rings. The first kappa shape index (κ1) is 16.4. The van der Waals surface area contributed by atoms with Crippen molar-refractivity contribution in [2.75, 3.05) is 19.7 Å². The molecule has 0 spiro atoms. The van der Waals surface area contributed by atoms with Gasteiger partial charge < -0.3 is 19.8 Å². The highest BCUT2D eigenvalue weighted by Crippen LogP contribution is 2.24. The van der Waals surface area contributed by atoms with Gasteiger partial charge in [0.15, 0.2) is 0 Å². The van der Waals surface area contributed by atoms with E-state index in [1.165, 1.54) is 23.8 Å². The number of rotatable bonds is 4. The fraction of sp³-hybridized carbons (Fsp3) is 0.375. The van der Waals surface area contributed by atoms with E-state index in [0.29, 0.717) is 30.1 Å². The molecule has 0 aliphatic carbocycles. The first-order chi connectivity index (χ1) is 11.6. The van der Waals surface area contributed by atoms with Crippen molar-refractivity contribution < 1.29 is 18.3 Å². The Hall–Kier alpha value is -2.45. The molecule has 7 nitrogen and oxygen atoms in total. The topological polar surface area (TPSA) is 85.5 Å². The quantitative estimate of drug-likeness (QED) is 0.866. The average Bonchev–Trinajstić information content (AvgIpc) is 2.94. The molecule has 24 heavy (non-hydrogen) atoms. The van der Waals surface area contributed by atoms with E-state index in [0.717, 1.165) is 6.54 Å². The van der Waals surface area contributed by atoms with Gasteiger partial charge in [-0.2, -0.15) is 0 Å². The molecule has 3 rings (SSSR count). The molecule has 128 valence electrons. The summed E-state index contributed by atoms with van der Waals surface area (Å²) in [6, 6.07) is 4.50. The fourth-order valence-corrected chi connectivity index (χ4v) is 2.63. The van der Waals surface area contributed by atoms with Crippen LogP contribution in [-0.2, 0) is 16.1 Å². The van der Waals surface area contributed by atoms with Crippen molar-refractivity contribution in [3.8, 4) is 5.69 Å². The van der Waals surface area contributed by atoms with Gasteiger partial charge >= 0.3 is 5.76 Å². The molecule has 0 bridgehead atoms. The van der Waals surface area contributed by atoms with Crippen LogP contribution >= 0.6 is 0 Å². The van der Waals surface area contributed by atoms with Crippen LogP contribution in [-0.4, -0.2) is 30.2 Å². The third-order valence-corrected chi connectivity index (χ3v) is 3.80. The number of amides is 1. The zero-order valence-corrected chi connectivity index (χ0v) is 13.2. The maximum Gasteiger partial charge on any atom is 0.423 e. The van der Waals surface area contributed by atoms with Gasteiger partial charge in [-0.1, -0.05) is 6.07 Å². The molecule has 1 aliphatic heterocycles. The minimum Gasteiger partial charge on any atom is -0.416 e. The number of hydrogen-bond donors (Lipinski definition) is 2. The number of hydrogen-bond acceptors (Lipinski definition) is 5. The van der Waals surface area contributed by atoms with Crippen molar-refractivity contribution >= 4 is 5.91 Å². The second-order valence-electron chi connectivity index (χ2n) is 5.51. The summed E-state index contributed by atoms with van der Waals surface area (Å²) in [5.41, 5.74) is 1.20. The van der Waals surface area contributed by atoms with E-state index >= 15 is 0 Å². The van der Waals surface area contributed by atoms with Crippen LogP contribution in [0, 0.1) is 5.82 Å². The second kappa shape index (κ2) is 6.98. The number of halogens is 1. The van der Waals surface area contributed by atoms with Crippen LogP contribution in [0.25, 0.3) is 5.69 Å². The smallest absolute Gasteiger partial charge is 0.416 e. The van der Waals surface area contributed by atoms with Crippen molar-refractivity contribution in [1.82, 2.24) is 15.2 Å². The molecule has 1 aliphatic rings. The highest BCUT2D eigenvalue weighted by molar-refractivity contribution is 5.72. The lowest BCUT2D eigenvalue weighted by Crippen LogP contribution is -2.33. The summed E-state index contributed by atoms with van der Waals surface area (Å²) in [7, 11) is 0. The van der Waals surface area contributed by atoms with Gasteiger partial charge in [-0.05, 0) is 12.1 Å². The van der Waals surface area contributed by atoms with E-state index in [9.17, 15) is 14.0 Å². The van der Waals surface area contributed by atoms with E-state index < -0.39 is 11.6 Å². The Morgan fingerprint density at radius 3 is 3.00 bits per heavy atom. The van der Waals surface area contributed by atoms with E-state index in [1.807, 2.05) is 0 Å². The Morgan fingerprint density at radius 1 is 1.50 bits per heavy atom. The first-order valence-corrected chi connectivity index (χ1v) is 7.62. The molecule has 0 unspecified atom stereocenters. The Bertz CT molecular complexity index is 793. The molecule has 1 aromatic carbocycles. The number of oxazole rings is 1. The maximum atomic E-state index is 14.5. The fourth-order valence-electron chi connectivity index (χ4n) is 2.63. The molecule has 2 heterocycles. The number of morpholine rings is 1. The third-order valence-electron chi connectivity index (χ3n) is 3.80. The third kappa shape index (κ3) is 3.39. The summed E-state index contributed by atoms with van der Waals surface area (Å²) in [4.78, 5) is 22.9. The lowest BCUT2D eigenvalue weighted by Gasteiger charge is -2.24. The zero-order valence-electron chi connectivity index (χ0n) is 13.2. The van der Waals surface area contributed by atoms with Gasteiger partial charge in [0.2, 0.25) is 5.91 Å². The molecule has 0 saturated carbocycles. The summed E-state index contributed by atoms with van der Waals surface area (Å²) in [6.07, 6.45) is 0.894. The zero-order chi connectivity index (χ0) is 17.1. The number of benzene rings is 1. The normalized spacial score (nSPS) is 17.7. The molecule has 1 aromatic heterocycles. The van der Waals surface area contributed by atoms with Crippen LogP contribution in [0.5, 0.6) is 0 Å². The van der Waals surface area contributed by atoms with Gasteiger partial charge in [0, 0.05) is 25.6 Å². The Balaban J connectivity index is 1.90. The van der Waals surface area contributed by atoms with Crippen molar-refractivity contribution in [2.45, 2.75) is 19.6 Å². The summed E-state index contributed by atoms with van der Waals surface area (Å²) >= 11 is 0. The van der Waals surface area contributed by atoms with Crippen LogP contribution in [0.2, 0.25) is 0 Å². The predicted octanol–water partition coefficient (Wildman–Crippen LogP) is 0.867. The van der Waals surface area contributed by atoms with Crippen molar-refractivity contribution in [1.29, 1.82) is 0 Å². The predicted molar refractivity (Wildman–Crippen MR) is 83.3 cm³/mol. The highest BCUT2D eigenvalue weighted by Gasteiger charge is 2.20. The number of ether oxygens (including phenoxy) is 1.